The molecule has 0 spiro atoms. The zero-order chi connectivity index (χ0) is 16.6. The molecule has 2 saturated heterocycles. The third-order valence-electron chi connectivity index (χ3n) is 5.23. The van der Waals surface area contributed by atoms with Crippen molar-refractivity contribution in [2.45, 2.75) is 50.7 Å². The van der Waals surface area contributed by atoms with Crippen molar-refractivity contribution in [1.82, 2.24) is 10.6 Å². The predicted molar refractivity (Wildman–Crippen MR) is 91.5 cm³/mol. The molecule has 5 atom stereocenters. The number of ether oxygens (including phenoxy) is 3. The highest BCUT2D eigenvalue weighted by Crippen LogP contribution is 2.31. The quantitative estimate of drug-likeness (QED) is 0.666. The van der Waals surface area contributed by atoms with Crippen molar-refractivity contribution in [3.63, 3.8) is 0 Å². The van der Waals surface area contributed by atoms with Crippen LogP contribution in [0.3, 0.4) is 0 Å². The van der Waals surface area contributed by atoms with Gasteiger partial charge in [-0.05, 0) is 50.5 Å². The average molecular weight is 340 g/mol. The van der Waals surface area contributed by atoms with Crippen LogP contribution < -0.4 is 10.6 Å². The van der Waals surface area contributed by atoms with Gasteiger partial charge in [-0.2, -0.15) is 0 Å². The zero-order valence-corrected chi connectivity index (χ0v) is 14.5. The summed E-state index contributed by atoms with van der Waals surface area (Å²) in [7, 11) is 0. The van der Waals surface area contributed by atoms with Crippen LogP contribution >= 0.6 is 0 Å². The molecule has 0 saturated carbocycles. The number of aliphatic hydroxyl groups is 1. The van der Waals surface area contributed by atoms with E-state index in [-0.39, 0.29) is 12.3 Å². The molecule has 0 amide bonds. The van der Waals surface area contributed by atoms with Crippen LogP contribution in [0.4, 0.5) is 0 Å². The molecule has 138 valence electrons. The van der Waals surface area contributed by atoms with Gasteiger partial charge in [-0.3, -0.25) is 5.32 Å². The Morgan fingerprint density at radius 1 is 1.17 bits per heavy atom. The number of hydrogen-bond acceptors (Lipinski definition) is 6. The van der Waals surface area contributed by atoms with Gasteiger partial charge in [0.25, 0.3) is 0 Å². The first-order valence-electron chi connectivity index (χ1n) is 9.43. The van der Waals surface area contributed by atoms with Gasteiger partial charge in [0.15, 0.2) is 0 Å². The van der Waals surface area contributed by atoms with Gasteiger partial charge in [-0.25, -0.2) is 0 Å². The molecule has 0 aromatic rings. The summed E-state index contributed by atoms with van der Waals surface area (Å²) in [6.07, 6.45) is 9.61. The summed E-state index contributed by atoms with van der Waals surface area (Å²) >= 11 is 0. The lowest BCUT2D eigenvalue weighted by molar-refractivity contribution is -0.133. The van der Waals surface area contributed by atoms with E-state index in [4.69, 9.17) is 14.2 Å². The Kier molecular flexibility index (Phi) is 7.51. The number of aliphatic hydroxyl groups excluding tert-OH is 1. The topological polar surface area (TPSA) is 72.0 Å². The van der Waals surface area contributed by atoms with Crippen LogP contribution in [0.15, 0.2) is 12.2 Å². The second kappa shape index (κ2) is 9.85. The predicted octanol–water partition coefficient (Wildman–Crippen LogP) is 1.01. The fourth-order valence-electron chi connectivity index (χ4n) is 3.86. The van der Waals surface area contributed by atoms with Gasteiger partial charge >= 0.3 is 0 Å². The molecule has 0 aromatic heterocycles. The van der Waals surface area contributed by atoms with Crippen LogP contribution in [0.5, 0.6) is 0 Å². The molecule has 3 rings (SSSR count). The first kappa shape index (κ1) is 18.3. The largest absolute Gasteiger partial charge is 0.377 e. The van der Waals surface area contributed by atoms with E-state index < -0.39 is 6.23 Å². The average Bonchev–Trinajstić information content (AvgIpc) is 2.65. The van der Waals surface area contributed by atoms with E-state index in [1.807, 2.05) is 0 Å². The Bertz CT molecular complexity index is 387. The second-order valence-electron chi connectivity index (χ2n) is 7.07. The van der Waals surface area contributed by atoms with Gasteiger partial charge < -0.3 is 24.6 Å². The van der Waals surface area contributed by atoms with Crippen LogP contribution in [-0.4, -0.2) is 63.2 Å². The van der Waals surface area contributed by atoms with E-state index >= 15 is 0 Å². The van der Waals surface area contributed by atoms with Crippen molar-refractivity contribution in [2.75, 3.05) is 39.5 Å². The Morgan fingerprint density at radius 3 is 3.00 bits per heavy atom. The van der Waals surface area contributed by atoms with Crippen molar-refractivity contribution in [2.24, 2.45) is 11.8 Å². The summed E-state index contributed by atoms with van der Waals surface area (Å²) in [6, 6.07) is 0. The molecule has 2 heterocycles. The van der Waals surface area contributed by atoms with Gasteiger partial charge in [0.05, 0.1) is 26.4 Å². The van der Waals surface area contributed by atoms with Crippen molar-refractivity contribution in [3.05, 3.63) is 12.2 Å². The molecule has 2 aliphatic heterocycles. The maximum absolute atomic E-state index is 10.2. The van der Waals surface area contributed by atoms with Crippen LogP contribution in [0, 0.1) is 11.8 Å². The Morgan fingerprint density at radius 2 is 2.12 bits per heavy atom. The Hall–Kier alpha value is -0.500. The minimum Gasteiger partial charge on any atom is -0.377 e. The molecule has 3 aliphatic rings. The number of hydrogen-bond donors (Lipinski definition) is 3. The van der Waals surface area contributed by atoms with E-state index in [1.54, 1.807) is 0 Å². The van der Waals surface area contributed by atoms with Gasteiger partial charge in [-0.15, -0.1) is 0 Å². The number of nitrogens with one attached hydrogen (secondary N) is 2. The van der Waals surface area contributed by atoms with Crippen LogP contribution in [0.2, 0.25) is 0 Å². The minimum atomic E-state index is -0.589. The fraction of sp³-hybridized carbons (Fsp3) is 0.889. The molecule has 0 bridgehead atoms. The van der Waals surface area contributed by atoms with Crippen LogP contribution in [-0.2, 0) is 14.2 Å². The summed E-state index contributed by atoms with van der Waals surface area (Å²) in [5, 5.41) is 16.7. The maximum atomic E-state index is 10.2. The number of allylic oxidation sites excluding steroid dienone is 2. The van der Waals surface area contributed by atoms with Crippen LogP contribution in [0.1, 0.15) is 32.1 Å². The van der Waals surface area contributed by atoms with Crippen molar-refractivity contribution in [1.29, 1.82) is 0 Å². The van der Waals surface area contributed by atoms with Gasteiger partial charge in [0, 0.05) is 6.54 Å². The number of β-amino-alcohol motifs (C(OH)–C–C–N with tert-alkyl or cyclic N) is 1. The van der Waals surface area contributed by atoms with Crippen molar-refractivity contribution < 1.29 is 19.3 Å². The summed E-state index contributed by atoms with van der Waals surface area (Å²) in [5.41, 5.74) is 0. The molecule has 0 radical (unpaired) electrons. The van der Waals surface area contributed by atoms with E-state index in [2.05, 4.69) is 22.8 Å². The lowest BCUT2D eigenvalue weighted by Crippen LogP contribution is -2.46. The van der Waals surface area contributed by atoms with E-state index in [1.165, 1.54) is 12.8 Å². The monoisotopic (exact) mass is 340 g/mol. The highest BCUT2D eigenvalue weighted by atomic mass is 16.6. The highest BCUT2D eigenvalue weighted by Gasteiger charge is 2.25. The zero-order valence-electron chi connectivity index (χ0n) is 14.5. The summed E-state index contributed by atoms with van der Waals surface area (Å²) in [6.45, 7) is 3.89. The maximum Gasteiger partial charge on any atom is 0.119 e. The minimum absolute atomic E-state index is 0.000589. The fourth-order valence-corrected chi connectivity index (χ4v) is 3.86. The van der Waals surface area contributed by atoms with Gasteiger partial charge in [0.1, 0.15) is 18.6 Å². The number of rotatable bonds is 3. The summed E-state index contributed by atoms with van der Waals surface area (Å²) in [5.74, 6) is 1.37. The Balaban J connectivity index is 1.53. The number of fused-ring (bicyclic) bond motifs is 1. The molecule has 0 aromatic carbocycles. The normalized spacial score (nSPS) is 39.0. The highest BCUT2D eigenvalue weighted by molar-refractivity contribution is 4.97. The Labute approximate surface area is 144 Å². The van der Waals surface area contributed by atoms with E-state index in [0.717, 1.165) is 25.8 Å². The lowest BCUT2D eigenvalue weighted by Gasteiger charge is -2.30. The summed E-state index contributed by atoms with van der Waals surface area (Å²) in [4.78, 5) is 0. The molecular weight excluding hydrogens is 308 g/mol. The van der Waals surface area contributed by atoms with Crippen molar-refractivity contribution >= 4 is 0 Å². The molecule has 6 heteroatoms. The van der Waals surface area contributed by atoms with Gasteiger partial charge in [-0.1, -0.05) is 12.2 Å². The molecule has 2 unspecified atom stereocenters. The SMILES string of the molecule is O[C@H]1CNCC[C@H]2C=CCC[C@H]2CCC(OCC2COCCO2)N1. The summed E-state index contributed by atoms with van der Waals surface area (Å²) < 4.78 is 17.1. The molecule has 6 nitrogen and oxygen atoms in total. The van der Waals surface area contributed by atoms with E-state index in [9.17, 15) is 5.11 Å². The van der Waals surface area contributed by atoms with Crippen molar-refractivity contribution in [3.8, 4) is 0 Å². The molecule has 24 heavy (non-hydrogen) atoms. The third-order valence-corrected chi connectivity index (χ3v) is 5.23. The van der Waals surface area contributed by atoms with E-state index in [0.29, 0.717) is 44.8 Å². The molecule has 3 N–H and O–H groups in total. The standard InChI is InChI=1S/C18H32N2O4/c21-17-11-19-8-7-15-4-2-1-3-14(15)5-6-18(20-17)24-13-16-12-22-9-10-23-16/h2,4,14-21H,1,3,5-13H2/t14-,15+,16?,17-,18?/m0/s1. The third kappa shape index (κ3) is 5.79. The smallest absolute Gasteiger partial charge is 0.119 e. The first-order valence-corrected chi connectivity index (χ1v) is 9.43. The molecule has 1 aliphatic carbocycles. The lowest BCUT2D eigenvalue weighted by atomic mass is 9.79. The molecule has 2 fully saturated rings. The van der Waals surface area contributed by atoms with Gasteiger partial charge in [0.2, 0.25) is 0 Å². The second-order valence-corrected chi connectivity index (χ2v) is 7.07. The first-order chi connectivity index (χ1) is 11.8. The molecular formula is C18H32N2O4. The van der Waals surface area contributed by atoms with Crippen LogP contribution in [0.25, 0.3) is 0 Å².